The molecule has 0 saturated carbocycles. The van der Waals surface area contributed by atoms with Gasteiger partial charge in [-0.15, -0.1) is 0 Å². The van der Waals surface area contributed by atoms with Gasteiger partial charge < -0.3 is 16.0 Å². The molecule has 6 aromatic rings. The molecule has 0 unspecified atom stereocenters. The van der Waals surface area contributed by atoms with Crippen molar-refractivity contribution in [2.45, 2.75) is 12.8 Å². The Hall–Kier alpha value is -4.26. The van der Waals surface area contributed by atoms with Crippen molar-refractivity contribution in [1.29, 1.82) is 0 Å². The van der Waals surface area contributed by atoms with Gasteiger partial charge in [-0.25, -0.2) is 15.0 Å². The Labute approximate surface area is 183 Å². The summed E-state index contributed by atoms with van der Waals surface area (Å²) in [6.45, 7) is 0.541. The van der Waals surface area contributed by atoms with Crippen LogP contribution in [0.3, 0.4) is 0 Å². The highest BCUT2D eigenvalue weighted by Gasteiger charge is 2.15. The van der Waals surface area contributed by atoms with E-state index in [2.05, 4.69) is 67.7 Å². The standard InChI is InChI=1S/C25H20N6O/c26-23-22-24(29-13-28-23)31-19(30-22)5-2-12-27-25(32)18-11-9-16-7-6-14-3-1-4-15-8-10-17(18)21(16)20(14)15/h1,3-4,6-11,13H,2,5,12H2,(H,27,32)(H3,26,28,29,30,31). The van der Waals surface area contributed by atoms with Crippen molar-refractivity contribution in [3.05, 3.63) is 72.3 Å². The number of nitrogens with zero attached hydrogens (tertiary/aromatic N) is 3. The average Bonchev–Trinajstić information content (AvgIpc) is 3.24. The van der Waals surface area contributed by atoms with Crippen LogP contribution in [0, 0.1) is 0 Å². The van der Waals surface area contributed by atoms with Crippen LogP contribution in [0.15, 0.2) is 60.9 Å². The van der Waals surface area contributed by atoms with Crippen LogP contribution in [0.1, 0.15) is 22.6 Å². The van der Waals surface area contributed by atoms with E-state index in [1.54, 1.807) is 0 Å². The number of aryl methyl sites for hydroxylation is 1. The second-order valence-corrected chi connectivity index (χ2v) is 7.97. The fraction of sp³-hybridized carbons (Fsp3) is 0.120. The highest BCUT2D eigenvalue weighted by atomic mass is 16.1. The third kappa shape index (κ3) is 2.90. The minimum atomic E-state index is -0.0670. The predicted molar refractivity (Wildman–Crippen MR) is 127 cm³/mol. The van der Waals surface area contributed by atoms with E-state index in [0.717, 1.165) is 28.4 Å². The third-order valence-corrected chi connectivity index (χ3v) is 6.02. The fourth-order valence-electron chi connectivity index (χ4n) is 4.50. The molecule has 0 spiro atoms. The zero-order valence-corrected chi connectivity index (χ0v) is 17.2. The van der Waals surface area contributed by atoms with Crippen LogP contribution in [0.5, 0.6) is 0 Å². The van der Waals surface area contributed by atoms with Gasteiger partial charge in [0.25, 0.3) is 5.91 Å². The van der Waals surface area contributed by atoms with Crippen LogP contribution in [-0.2, 0) is 6.42 Å². The van der Waals surface area contributed by atoms with E-state index in [4.69, 9.17) is 5.73 Å². The Bertz CT molecular complexity index is 1600. The van der Waals surface area contributed by atoms with Crippen LogP contribution < -0.4 is 11.1 Å². The molecule has 0 aliphatic rings. The summed E-state index contributed by atoms with van der Waals surface area (Å²) in [5, 5.41) is 9.92. The summed E-state index contributed by atoms with van der Waals surface area (Å²) >= 11 is 0. The number of hydrogen-bond acceptors (Lipinski definition) is 5. The number of aromatic amines is 1. The maximum atomic E-state index is 13.0. The number of hydrogen-bond donors (Lipinski definition) is 3. The van der Waals surface area contributed by atoms with Gasteiger partial charge in [-0.1, -0.05) is 48.5 Å². The van der Waals surface area contributed by atoms with Gasteiger partial charge in [-0.05, 0) is 44.8 Å². The molecule has 32 heavy (non-hydrogen) atoms. The van der Waals surface area contributed by atoms with Gasteiger partial charge in [0.05, 0.1) is 0 Å². The number of carbonyl (C=O) groups is 1. The maximum Gasteiger partial charge on any atom is 0.251 e. The molecule has 0 atom stereocenters. The Morgan fingerprint density at radius 2 is 1.69 bits per heavy atom. The number of nitrogens with one attached hydrogen (secondary N) is 2. The second-order valence-electron chi connectivity index (χ2n) is 7.97. The minimum Gasteiger partial charge on any atom is -0.382 e. The van der Waals surface area contributed by atoms with Crippen LogP contribution in [0.2, 0.25) is 0 Å². The van der Waals surface area contributed by atoms with Crippen molar-refractivity contribution < 1.29 is 4.79 Å². The lowest BCUT2D eigenvalue weighted by atomic mass is 9.92. The number of amides is 1. The monoisotopic (exact) mass is 420 g/mol. The number of nitrogen functional groups attached to an aromatic ring is 1. The van der Waals surface area contributed by atoms with E-state index < -0.39 is 0 Å². The first-order chi connectivity index (χ1) is 15.7. The molecule has 4 aromatic carbocycles. The first-order valence-electron chi connectivity index (χ1n) is 10.6. The van der Waals surface area contributed by atoms with Crippen molar-refractivity contribution in [3.8, 4) is 0 Å². The smallest absolute Gasteiger partial charge is 0.251 e. The predicted octanol–water partition coefficient (Wildman–Crippen LogP) is 4.20. The average molecular weight is 420 g/mol. The maximum absolute atomic E-state index is 13.0. The number of rotatable bonds is 5. The van der Waals surface area contributed by atoms with Crippen molar-refractivity contribution in [2.24, 2.45) is 0 Å². The molecule has 2 aromatic heterocycles. The number of carbonyl (C=O) groups excluding carboxylic acids is 1. The Morgan fingerprint density at radius 3 is 2.50 bits per heavy atom. The molecule has 1 amide bonds. The van der Waals surface area contributed by atoms with E-state index in [1.165, 1.54) is 22.5 Å². The first-order valence-corrected chi connectivity index (χ1v) is 10.6. The Kier molecular flexibility index (Phi) is 4.14. The number of nitrogens with two attached hydrogens (primary N) is 1. The molecule has 7 nitrogen and oxygen atoms in total. The highest BCUT2D eigenvalue weighted by Crippen LogP contribution is 2.35. The molecule has 0 bridgehead atoms. The molecule has 0 fully saturated rings. The van der Waals surface area contributed by atoms with Crippen LogP contribution in [0.4, 0.5) is 5.82 Å². The van der Waals surface area contributed by atoms with E-state index in [-0.39, 0.29) is 5.91 Å². The summed E-state index contributed by atoms with van der Waals surface area (Å²) < 4.78 is 0. The van der Waals surface area contributed by atoms with Gasteiger partial charge in [0, 0.05) is 18.5 Å². The Balaban J connectivity index is 1.22. The number of anilines is 1. The van der Waals surface area contributed by atoms with Crippen molar-refractivity contribution in [1.82, 2.24) is 25.3 Å². The highest BCUT2D eigenvalue weighted by molar-refractivity contribution is 6.26. The zero-order valence-electron chi connectivity index (χ0n) is 17.2. The van der Waals surface area contributed by atoms with Gasteiger partial charge in [0.15, 0.2) is 11.5 Å². The SMILES string of the molecule is Nc1ncnc2nc(CCCNC(=O)c3ccc4ccc5cccc6ccc3c4c56)[nH]c12. The summed E-state index contributed by atoms with van der Waals surface area (Å²) in [5.41, 5.74) is 7.76. The lowest BCUT2D eigenvalue weighted by Crippen LogP contribution is -2.25. The number of fused-ring (bicyclic) bond motifs is 1. The van der Waals surface area contributed by atoms with Crippen LogP contribution in [0.25, 0.3) is 43.5 Å². The molecular formula is C25H20N6O. The largest absolute Gasteiger partial charge is 0.382 e. The van der Waals surface area contributed by atoms with Crippen molar-refractivity contribution >= 4 is 55.2 Å². The summed E-state index contributed by atoms with van der Waals surface area (Å²) in [6.07, 6.45) is 2.82. The minimum absolute atomic E-state index is 0.0670. The number of imidazole rings is 1. The first kappa shape index (κ1) is 18.5. The van der Waals surface area contributed by atoms with E-state index in [0.29, 0.717) is 35.5 Å². The summed E-state index contributed by atoms with van der Waals surface area (Å²) in [5.74, 6) is 1.10. The Morgan fingerprint density at radius 1 is 0.938 bits per heavy atom. The molecule has 4 N–H and O–H groups in total. The molecule has 0 radical (unpaired) electrons. The number of benzene rings is 4. The normalized spacial score (nSPS) is 11.8. The molecule has 156 valence electrons. The zero-order chi connectivity index (χ0) is 21.7. The molecule has 0 aliphatic carbocycles. The molecule has 0 aliphatic heterocycles. The van der Waals surface area contributed by atoms with Crippen molar-refractivity contribution in [3.63, 3.8) is 0 Å². The second kappa shape index (κ2) is 7.16. The molecule has 2 heterocycles. The fourth-order valence-corrected chi connectivity index (χ4v) is 4.50. The summed E-state index contributed by atoms with van der Waals surface area (Å²) in [6, 6.07) is 18.7. The van der Waals surface area contributed by atoms with Crippen LogP contribution >= 0.6 is 0 Å². The third-order valence-electron chi connectivity index (χ3n) is 6.02. The van der Waals surface area contributed by atoms with Crippen LogP contribution in [-0.4, -0.2) is 32.4 Å². The van der Waals surface area contributed by atoms with Gasteiger partial charge in [-0.3, -0.25) is 4.79 Å². The van der Waals surface area contributed by atoms with Gasteiger partial charge in [0.2, 0.25) is 0 Å². The van der Waals surface area contributed by atoms with E-state index in [1.807, 2.05) is 12.1 Å². The quantitative estimate of drug-likeness (QED) is 0.286. The molecular weight excluding hydrogens is 400 g/mol. The van der Waals surface area contributed by atoms with E-state index >= 15 is 0 Å². The molecule has 7 heteroatoms. The molecule has 6 rings (SSSR count). The lowest BCUT2D eigenvalue weighted by Gasteiger charge is -2.13. The number of H-pyrrole nitrogens is 1. The number of aromatic nitrogens is 4. The molecule has 0 saturated heterocycles. The summed E-state index contributed by atoms with van der Waals surface area (Å²) in [4.78, 5) is 28.7. The van der Waals surface area contributed by atoms with Gasteiger partial charge in [-0.2, -0.15) is 0 Å². The van der Waals surface area contributed by atoms with Gasteiger partial charge >= 0.3 is 0 Å². The topological polar surface area (TPSA) is 110 Å². The lowest BCUT2D eigenvalue weighted by molar-refractivity contribution is 0.0955. The van der Waals surface area contributed by atoms with Crippen molar-refractivity contribution in [2.75, 3.05) is 12.3 Å². The van der Waals surface area contributed by atoms with Gasteiger partial charge in [0.1, 0.15) is 17.7 Å². The summed E-state index contributed by atoms with van der Waals surface area (Å²) in [7, 11) is 0. The van der Waals surface area contributed by atoms with E-state index in [9.17, 15) is 4.79 Å².